The maximum Gasteiger partial charge on any atom is 0.248 e. The van der Waals surface area contributed by atoms with Gasteiger partial charge < -0.3 is 0 Å². The number of aryl methyl sites for hydroxylation is 1. The van der Waals surface area contributed by atoms with Crippen molar-refractivity contribution in [3.05, 3.63) is 35.9 Å². The topological polar surface area (TPSA) is 70.7 Å². The highest BCUT2D eigenvalue weighted by Crippen LogP contribution is 2.20. The predicted octanol–water partition coefficient (Wildman–Crippen LogP) is 1.98. The largest absolute Gasteiger partial charge is 0.292 e. The molecule has 18 heavy (non-hydrogen) atoms. The van der Waals surface area contributed by atoms with Gasteiger partial charge >= 0.3 is 0 Å². The number of aromatic nitrogens is 3. The van der Waals surface area contributed by atoms with Crippen LogP contribution in [0, 0.1) is 12.7 Å². The molecule has 1 amide bonds. The van der Waals surface area contributed by atoms with Crippen molar-refractivity contribution in [2.45, 2.75) is 11.8 Å². The molecule has 2 rings (SSSR count). The molecule has 0 aliphatic heterocycles. The third-order valence-corrected chi connectivity index (χ3v) is 3.09. The first-order valence-corrected chi connectivity index (χ1v) is 6.20. The minimum atomic E-state index is -0.330. The number of carbonyl (C=O) groups excluding carboxylic acids is 1. The Labute approximate surface area is 107 Å². The molecule has 0 atom stereocenters. The van der Waals surface area contributed by atoms with Crippen LogP contribution in [-0.2, 0) is 4.79 Å². The van der Waals surface area contributed by atoms with Crippen LogP contribution >= 0.6 is 11.8 Å². The third kappa shape index (κ3) is 3.30. The lowest BCUT2D eigenvalue weighted by atomic mass is 10.3. The smallest absolute Gasteiger partial charge is 0.248 e. The summed E-state index contributed by atoms with van der Waals surface area (Å²) in [5.41, 5.74) is 0. The number of anilines is 1. The van der Waals surface area contributed by atoms with Crippen molar-refractivity contribution in [3.8, 4) is 0 Å². The van der Waals surface area contributed by atoms with Gasteiger partial charge in [-0.1, -0.05) is 12.1 Å². The van der Waals surface area contributed by atoms with E-state index in [9.17, 15) is 9.18 Å². The van der Waals surface area contributed by atoms with Crippen molar-refractivity contribution in [2.75, 3.05) is 11.1 Å². The van der Waals surface area contributed by atoms with Gasteiger partial charge in [0, 0.05) is 4.90 Å². The number of aromatic amines is 1. The van der Waals surface area contributed by atoms with Crippen LogP contribution in [0.4, 0.5) is 10.3 Å². The molecular formula is C11H11FN4OS. The molecule has 0 saturated heterocycles. The fourth-order valence-electron chi connectivity index (χ4n) is 1.26. The molecule has 2 aromatic rings. The quantitative estimate of drug-likeness (QED) is 0.830. The maximum atomic E-state index is 13.3. The molecule has 1 heterocycles. The van der Waals surface area contributed by atoms with Crippen LogP contribution in [0.3, 0.4) is 0 Å². The molecule has 5 nitrogen and oxygen atoms in total. The van der Waals surface area contributed by atoms with Gasteiger partial charge in [-0.15, -0.1) is 16.9 Å². The van der Waals surface area contributed by atoms with E-state index in [0.717, 1.165) is 11.8 Å². The summed E-state index contributed by atoms with van der Waals surface area (Å²) in [5.74, 6) is 0.346. The van der Waals surface area contributed by atoms with Crippen molar-refractivity contribution in [1.29, 1.82) is 0 Å². The molecule has 0 aliphatic carbocycles. The number of nitrogens with zero attached hydrogens (tertiary/aromatic N) is 2. The Kier molecular flexibility index (Phi) is 3.93. The van der Waals surface area contributed by atoms with Crippen molar-refractivity contribution in [3.63, 3.8) is 0 Å². The summed E-state index contributed by atoms with van der Waals surface area (Å²) in [6, 6.07) is 6.32. The van der Waals surface area contributed by atoms with Crippen molar-refractivity contribution >= 4 is 23.6 Å². The van der Waals surface area contributed by atoms with E-state index in [-0.39, 0.29) is 23.4 Å². The molecule has 7 heteroatoms. The summed E-state index contributed by atoms with van der Waals surface area (Å²) in [6.07, 6.45) is 0. The Morgan fingerprint density at radius 1 is 1.50 bits per heavy atom. The summed E-state index contributed by atoms with van der Waals surface area (Å²) in [4.78, 5) is 15.9. The van der Waals surface area contributed by atoms with Gasteiger partial charge in [-0.25, -0.2) is 4.39 Å². The van der Waals surface area contributed by atoms with E-state index in [0.29, 0.717) is 10.7 Å². The summed E-state index contributed by atoms with van der Waals surface area (Å²) in [5, 5.41) is 8.91. The first kappa shape index (κ1) is 12.6. The van der Waals surface area contributed by atoms with Crippen LogP contribution < -0.4 is 5.32 Å². The molecule has 0 saturated carbocycles. The number of halogens is 1. The van der Waals surface area contributed by atoms with Gasteiger partial charge in [-0.3, -0.25) is 15.2 Å². The lowest BCUT2D eigenvalue weighted by Crippen LogP contribution is -2.15. The lowest BCUT2D eigenvalue weighted by molar-refractivity contribution is -0.113. The Balaban J connectivity index is 1.87. The second-order valence-electron chi connectivity index (χ2n) is 3.51. The monoisotopic (exact) mass is 266 g/mol. The maximum absolute atomic E-state index is 13.3. The van der Waals surface area contributed by atoms with Gasteiger partial charge in [0.15, 0.2) is 0 Å². The van der Waals surface area contributed by atoms with Crippen LogP contribution in [0.15, 0.2) is 29.2 Å². The number of carbonyl (C=O) groups is 1. The molecular weight excluding hydrogens is 255 g/mol. The Morgan fingerprint density at radius 3 is 2.94 bits per heavy atom. The third-order valence-electron chi connectivity index (χ3n) is 2.04. The lowest BCUT2D eigenvalue weighted by Gasteiger charge is -2.02. The Bertz CT molecular complexity index is 557. The van der Waals surface area contributed by atoms with E-state index in [1.807, 2.05) is 0 Å². The van der Waals surface area contributed by atoms with Gasteiger partial charge in [-0.05, 0) is 19.1 Å². The molecule has 0 fully saturated rings. The summed E-state index contributed by atoms with van der Waals surface area (Å²) < 4.78 is 13.3. The van der Waals surface area contributed by atoms with Crippen LogP contribution in [0.25, 0.3) is 0 Å². The van der Waals surface area contributed by atoms with E-state index < -0.39 is 0 Å². The van der Waals surface area contributed by atoms with Gasteiger partial charge in [0.05, 0.1) is 5.75 Å². The van der Waals surface area contributed by atoms with E-state index >= 15 is 0 Å². The average Bonchev–Trinajstić information content (AvgIpc) is 2.74. The summed E-state index contributed by atoms with van der Waals surface area (Å²) in [7, 11) is 0. The van der Waals surface area contributed by atoms with Crippen molar-refractivity contribution in [2.24, 2.45) is 0 Å². The summed E-state index contributed by atoms with van der Waals surface area (Å²) >= 11 is 1.13. The highest BCUT2D eigenvalue weighted by molar-refractivity contribution is 8.00. The molecule has 0 bridgehead atoms. The number of thioether (sulfide) groups is 1. The first-order valence-electron chi connectivity index (χ1n) is 5.21. The molecule has 1 aromatic carbocycles. The number of rotatable bonds is 4. The number of hydrogen-bond acceptors (Lipinski definition) is 4. The average molecular weight is 266 g/mol. The molecule has 0 spiro atoms. The Hall–Kier alpha value is -1.89. The van der Waals surface area contributed by atoms with E-state index in [4.69, 9.17) is 0 Å². The van der Waals surface area contributed by atoms with E-state index in [1.54, 1.807) is 25.1 Å². The fourth-order valence-corrected chi connectivity index (χ4v) is 2.00. The highest BCUT2D eigenvalue weighted by atomic mass is 32.2. The molecule has 1 aromatic heterocycles. The normalized spacial score (nSPS) is 10.3. The number of H-pyrrole nitrogens is 1. The van der Waals surface area contributed by atoms with E-state index in [1.165, 1.54) is 6.07 Å². The minimum absolute atomic E-state index is 0.106. The summed E-state index contributed by atoms with van der Waals surface area (Å²) in [6.45, 7) is 1.73. The van der Waals surface area contributed by atoms with Crippen molar-refractivity contribution < 1.29 is 9.18 Å². The molecule has 0 unspecified atom stereocenters. The van der Waals surface area contributed by atoms with Gasteiger partial charge in [0.2, 0.25) is 11.9 Å². The number of hydrogen-bond donors (Lipinski definition) is 2. The minimum Gasteiger partial charge on any atom is -0.292 e. The first-order chi connectivity index (χ1) is 8.65. The second kappa shape index (κ2) is 5.63. The number of benzene rings is 1. The van der Waals surface area contributed by atoms with Crippen LogP contribution in [0.2, 0.25) is 0 Å². The van der Waals surface area contributed by atoms with Gasteiger partial charge in [0.1, 0.15) is 11.6 Å². The number of nitrogens with one attached hydrogen (secondary N) is 2. The SMILES string of the molecule is Cc1nc(NC(=O)CSc2ccccc2F)n[nH]1. The fraction of sp³-hybridized carbons (Fsp3) is 0.182. The molecule has 0 radical (unpaired) electrons. The zero-order chi connectivity index (χ0) is 13.0. The standard InChI is InChI=1S/C11H11FN4OS/c1-7-13-11(16-15-7)14-10(17)6-18-9-5-3-2-4-8(9)12/h2-5H,6H2,1H3,(H2,13,14,15,16,17). The highest BCUT2D eigenvalue weighted by Gasteiger charge is 2.08. The van der Waals surface area contributed by atoms with Crippen molar-refractivity contribution in [1.82, 2.24) is 15.2 Å². The predicted molar refractivity (Wildman–Crippen MR) is 66.9 cm³/mol. The molecule has 94 valence electrons. The molecule has 0 aliphatic rings. The van der Waals surface area contributed by atoms with Crippen LogP contribution in [0.1, 0.15) is 5.82 Å². The Morgan fingerprint density at radius 2 is 2.28 bits per heavy atom. The number of amides is 1. The molecule has 2 N–H and O–H groups in total. The second-order valence-corrected chi connectivity index (χ2v) is 4.53. The van der Waals surface area contributed by atoms with Gasteiger partial charge in [-0.2, -0.15) is 4.98 Å². The van der Waals surface area contributed by atoms with Crippen LogP contribution in [-0.4, -0.2) is 26.8 Å². The zero-order valence-electron chi connectivity index (χ0n) is 9.61. The van der Waals surface area contributed by atoms with E-state index in [2.05, 4.69) is 20.5 Å². The van der Waals surface area contributed by atoms with Crippen LogP contribution in [0.5, 0.6) is 0 Å². The zero-order valence-corrected chi connectivity index (χ0v) is 10.4. The van der Waals surface area contributed by atoms with Gasteiger partial charge in [0.25, 0.3) is 0 Å².